The number of benzene rings is 1. The standard InChI is InChI=1S/C20H21N5O4/c26-17-6-7-18(27)24(17)14-19(28)22-10-12-23(13-11-22)20(29)15-2-4-16(5-3-15)25-9-1-8-21-25/h1-5,8-9H,6-7,10-14H2. The predicted molar refractivity (Wildman–Crippen MR) is 102 cm³/mol. The average Bonchev–Trinajstić information content (AvgIpc) is 3.40. The Morgan fingerprint density at radius 1 is 0.897 bits per heavy atom. The largest absolute Gasteiger partial charge is 0.338 e. The van der Waals surface area contributed by atoms with Gasteiger partial charge in [-0.1, -0.05) is 0 Å². The monoisotopic (exact) mass is 395 g/mol. The molecule has 0 radical (unpaired) electrons. The third kappa shape index (κ3) is 3.89. The molecular weight excluding hydrogens is 374 g/mol. The fourth-order valence-corrected chi connectivity index (χ4v) is 3.55. The molecule has 9 nitrogen and oxygen atoms in total. The number of imide groups is 1. The summed E-state index contributed by atoms with van der Waals surface area (Å²) in [5.41, 5.74) is 1.45. The predicted octanol–water partition coefficient (Wildman–Crippen LogP) is 0.306. The molecule has 0 aliphatic carbocycles. The molecule has 4 rings (SSSR count). The van der Waals surface area contributed by atoms with E-state index in [1.54, 1.807) is 32.8 Å². The zero-order valence-electron chi connectivity index (χ0n) is 15.9. The molecule has 150 valence electrons. The fourth-order valence-electron chi connectivity index (χ4n) is 3.55. The number of carbonyl (C=O) groups is 4. The van der Waals surface area contributed by atoms with Gasteiger partial charge in [0.2, 0.25) is 17.7 Å². The first kappa shape index (κ1) is 18.9. The Morgan fingerprint density at radius 3 is 2.10 bits per heavy atom. The highest BCUT2D eigenvalue weighted by Gasteiger charge is 2.33. The zero-order valence-corrected chi connectivity index (χ0v) is 15.9. The van der Waals surface area contributed by atoms with Crippen molar-refractivity contribution in [1.29, 1.82) is 0 Å². The van der Waals surface area contributed by atoms with Crippen molar-refractivity contribution in [2.24, 2.45) is 0 Å². The molecule has 2 fully saturated rings. The first-order valence-electron chi connectivity index (χ1n) is 9.53. The molecule has 2 aliphatic rings. The third-order valence-corrected chi connectivity index (χ3v) is 5.25. The van der Waals surface area contributed by atoms with E-state index < -0.39 is 0 Å². The summed E-state index contributed by atoms with van der Waals surface area (Å²) >= 11 is 0. The molecular formula is C20H21N5O4. The van der Waals surface area contributed by atoms with Crippen LogP contribution in [0.5, 0.6) is 0 Å². The molecule has 0 atom stereocenters. The smallest absolute Gasteiger partial charge is 0.253 e. The second-order valence-corrected chi connectivity index (χ2v) is 7.04. The molecule has 0 unspecified atom stereocenters. The van der Waals surface area contributed by atoms with Gasteiger partial charge in [-0.15, -0.1) is 0 Å². The third-order valence-electron chi connectivity index (χ3n) is 5.25. The summed E-state index contributed by atoms with van der Waals surface area (Å²) in [5.74, 6) is -0.940. The van der Waals surface area contributed by atoms with Crippen LogP contribution in [0.3, 0.4) is 0 Å². The number of nitrogens with zero attached hydrogens (tertiary/aromatic N) is 5. The second-order valence-electron chi connectivity index (χ2n) is 7.04. The van der Waals surface area contributed by atoms with Crippen LogP contribution < -0.4 is 0 Å². The van der Waals surface area contributed by atoms with Crippen LogP contribution in [0, 0.1) is 0 Å². The Hall–Kier alpha value is -3.49. The first-order valence-corrected chi connectivity index (χ1v) is 9.53. The summed E-state index contributed by atoms with van der Waals surface area (Å²) in [5, 5.41) is 4.16. The van der Waals surface area contributed by atoms with E-state index in [-0.39, 0.29) is 43.0 Å². The van der Waals surface area contributed by atoms with Crippen LogP contribution in [-0.4, -0.2) is 80.8 Å². The van der Waals surface area contributed by atoms with Crippen molar-refractivity contribution in [3.63, 3.8) is 0 Å². The molecule has 4 amide bonds. The van der Waals surface area contributed by atoms with Crippen LogP contribution in [0.1, 0.15) is 23.2 Å². The van der Waals surface area contributed by atoms with Gasteiger partial charge in [0.05, 0.1) is 5.69 Å². The lowest BCUT2D eigenvalue weighted by Crippen LogP contribution is -2.53. The van der Waals surface area contributed by atoms with E-state index in [1.165, 1.54) is 0 Å². The number of aromatic nitrogens is 2. The van der Waals surface area contributed by atoms with Gasteiger partial charge >= 0.3 is 0 Å². The van der Waals surface area contributed by atoms with Gasteiger partial charge in [0, 0.05) is 57.0 Å². The normalized spacial score (nSPS) is 17.2. The van der Waals surface area contributed by atoms with E-state index in [4.69, 9.17) is 0 Å². The van der Waals surface area contributed by atoms with E-state index >= 15 is 0 Å². The summed E-state index contributed by atoms with van der Waals surface area (Å²) in [6.45, 7) is 1.37. The van der Waals surface area contributed by atoms with Gasteiger partial charge in [0.25, 0.3) is 5.91 Å². The van der Waals surface area contributed by atoms with E-state index in [9.17, 15) is 19.2 Å². The summed E-state index contributed by atoms with van der Waals surface area (Å²) in [4.78, 5) is 52.8. The number of hydrogen-bond acceptors (Lipinski definition) is 5. The molecule has 2 aromatic rings. The highest BCUT2D eigenvalue weighted by Crippen LogP contribution is 2.15. The lowest BCUT2D eigenvalue weighted by atomic mass is 10.1. The fraction of sp³-hybridized carbons (Fsp3) is 0.350. The Bertz CT molecular complexity index is 914. The summed E-state index contributed by atoms with van der Waals surface area (Å²) in [6, 6.07) is 9.03. The maximum atomic E-state index is 12.7. The topological polar surface area (TPSA) is 95.8 Å². The molecule has 3 heterocycles. The van der Waals surface area contributed by atoms with Gasteiger partial charge < -0.3 is 9.80 Å². The van der Waals surface area contributed by atoms with Crippen molar-refractivity contribution in [1.82, 2.24) is 24.5 Å². The highest BCUT2D eigenvalue weighted by molar-refractivity contribution is 6.04. The van der Waals surface area contributed by atoms with Gasteiger partial charge in [-0.3, -0.25) is 24.1 Å². The molecule has 9 heteroatoms. The van der Waals surface area contributed by atoms with Gasteiger partial charge in [-0.05, 0) is 30.3 Å². The quantitative estimate of drug-likeness (QED) is 0.694. The molecule has 0 spiro atoms. The zero-order chi connectivity index (χ0) is 20.4. The Morgan fingerprint density at radius 2 is 1.52 bits per heavy atom. The highest BCUT2D eigenvalue weighted by atomic mass is 16.2. The second kappa shape index (κ2) is 7.86. The molecule has 1 aromatic heterocycles. The van der Waals surface area contributed by atoms with Gasteiger partial charge in [0.1, 0.15) is 6.54 Å². The maximum Gasteiger partial charge on any atom is 0.253 e. The average molecular weight is 395 g/mol. The Balaban J connectivity index is 1.32. The van der Waals surface area contributed by atoms with E-state index in [0.717, 1.165) is 10.6 Å². The maximum absolute atomic E-state index is 12.7. The minimum atomic E-state index is -0.296. The van der Waals surface area contributed by atoms with Crippen molar-refractivity contribution in [2.45, 2.75) is 12.8 Å². The molecule has 0 saturated carbocycles. The van der Waals surface area contributed by atoms with Crippen molar-refractivity contribution < 1.29 is 19.2 Å². The van der Waals surface area contributed by atoms with Crippen molar-refractivity contribution in [2.75, 3.05) is 32.7 Å². The van der Waals surface area contributed by atoms with Crippen molar-refractivity contribution >= 4 is 23.6 Å². The number of amides is 4. The minimum absolute atomic E-state index is 0.0889. The Labute approximate surface area is 167 Å². The van der Waals surface area contributed by atoms with E-state index in [2.05, 4.69) is 5.10 Å². The van der Waals surface area contributed by atoms with Gasteiger partial charge in [-0.2, -0.15) is 5.10 Å². The lowest BCUT2D eigenvalue weighted by Gasteiger charge is -2.35. The minimum Gasteiger partial charge on any atom is -0.338 e. The van der Waals surface area contributed by atoms with E-state index in [0.29, 0.717) is 31.7 Å². The van der Waals surface area contributed by atoms with Gasteiger partial charge in [0.15, 0.2) is 0 Å². The number of carbonyl (C=O) groups excluding carboxylic acids is 4. The SMILES string of the molecule is O=C(CN1C(=O)CCC1=O)N1CCN(C(=O)c2ccc(-n3cccn3)cc2)CC1. The van der Waals surface area contributed by atoms with Crippen molar-refractivity contribution in [3.8, 4) is 5.69 Å². The summed E-state index contributed by atoms with van der Waals surface area (Å²) in [7, 11) is 0. The molecule has 0 bridgehead atoms. The van der Waals surface area contributed by atoms with E-state index in [1.807, 2.05) is 24.4 Å². The molecule has 0 N–H and O–H groups in total. The van der Waals surface area contributed by atoms with Crippen LogP contribution in [0.4, 0.5) is 0 Å². The summed E-state index contributed by atoms with van der Waals surface area (Å²) < 4.78 is 1.72. The number of hydrogen-bond donors (Lipinski definition) is 0. The lowest BCUT2D eigenvalue weighted by molar-refractivity contribution is -0.146. The molecule has 2 saturated heterocycles. The number of likely N-dealkylation sites (tertiary alicyclic amines) is 1. The number of piperazine rings is 1. The van der Waals surface area contributed by atoms with Gasteiger partial charge in [-0.25, -0.2) is 4.68 Å². The Kier molecular flexibility index (Phi) is 5.11. The summed E-state index contributed by atoms with van der Waals surface area (Å²) in [6.07, 6.45) is 3.87. The van der Waals surface area contributed by atoms with Crippen LogP contribution in [-0.2, 0) is 14.4 Å². The van der Waals surface area contributed by atoms with Crippen LogP contribution in [0.25, 0.3) is 5.69 Å². The van der Waals surface area contributed by atoms with Crippen LogP contribution >= 0.6 is 0 Å². The van der Waals surface area contributed by atoms with Crippen LogP contribution in [0.15, 0.2) is 42.7 Å². The number of rotatable bonds is 4. The molecule has 1 aromatic carbocycles. The van der Waals surface area contributed by atoms with Crippen molar-refractivity contribution in [3.05, 3.63) is 48.3 Å². The molecule has 2 aliphatic heterocycles. The first-order chi connectivity index (χ1) is 14.0. The molecule has 29 heavy (non-hydrogen) atoms. The van der Waals surface area contributed by atoms with Crippen LogP contribution in [0.2, 0.25) is 0 Å².